The average molecular weight is 348 g/mol. The lowest BCUT2D eigenvalue weighted by atomic mass is 10.3. The summed E-state index contributed by atoms with van der Waals surface area (Å²) in [7, 11) is 0. The standard InChI is InChI=1S/C14H28N4O6/c19-12(20)9-16-3-1-15-2-4-17(10-13(21)22)6-8-18(7-5-16)11-14(23)24/h14-15,23-24H,1-11H2,(H,19,20)(H,21,22). The van der Waals surface area contributed by atoms with Gasteiger partial charge in [0.25, 0.3) is 0 Å². The fourth-order valence-electron chi connectivity index (χ4n) is 2.61. The first-order valence-electron chi connectivity index (χ1n) is 8.04. The number of β-amino-alcohol motifs (C(OH)–C–C–N with tert-alkyl or cyclic N) is 2. The molecular formula is C14H28N4O6. The van der Waals surface area contributed by atoms with Crippen molar-refractivity contribution in [3.8, 4) is 0 Å². The summed E-state index contributed by atoms with van der Waals surface area (Å²) in [5.41, 5.74) is 0. The Morgan fingerprint density at radius 3 is 1.58 bits per heavy atom. The number of carboxylic acids is 2. The van der Waals surface area contributed by atoms with Gasteiger partial charge in [-0.2, -0.15) is 0 Å². The first-order valence-corrected chi connectivity index (χ1v) is 8.04. The van der Waals surface area contributed by atoms with Crippen LogP contribution >= 0.6 is 0 Å². The molecule has 5 N–H and O–H groups in total. The van der Waals surface area contributed by atoms with Crippen LogP contribution in [0.25, 0.3) is 0 Å². The van der Waals surface area contributed by atoms with E-state index in [-0.39, 0.29) is 19.6 Å². The van der Waals surface area contributed by atoms with Gasteiger partial charge >= 0.3 is 11.9 Å². The summed E-state index contributed by atoms with van der Waals surface area (Å²) in [6.45, 7) is 4.16. The van der Waals surface area contributed by atoms with Crippen molar-refractivity contribution < 1.29 is 30.0 Å². The van der Waals surface area contributed by atoms with Crippen molar-refractivity contribution in [1.82, 2.24) is 20.0 Å². The van der Waals surface area contributed by atoms with Gasteiger partial charge in [-0.05, 0) is 0 Å². The zero-order valence-electron chi connectivity index (χ0n) is 13.8. The molecule has 1 fully saturated rings. The van der Waals surface area contributed by atoms with Crippen LogP contribution in [0.4, 0.5) is 0 Å². The third-order valence-corrected chi connectivity index (χ3v) is 3.81. The van der Waals surface area contributed by atoms with Crippen LogP contribution in [0.3, 0.4) is 0 Å². The van der Waals surface area contributed by atoms with Crippen LogP contribution < -0.4 is 5.32 Å². The molecule has 0 unspecified atom stereocenters. The second-order valence-corrected chi connectivity index (χ2v) is 5.87. The van der Waals surface area contributed by atoms with Crippen molar-refractivity contribution in [3.05, 3.63) is 0 Å². The van der Waals surface area contributed by atoms with Gasteiger partial charge in [-0.25, -0.2) is 0 Å². The van der Waals surface area contributed by atoms with E-state index in [0.29, 0.717) is 52.4 Å². The van der Waals surface area contributed by atoms with Crippen molar-refractivity contribution in [3.63, 3.8) is 0 Å². The van der Waals surface area contributed by atoms with E-state index in [2.05, 4.69) is 5.32 Å². The van der Waals surface area contributed by atoms with Crippen LogP contribution in [0, 0.1) is 0 Å². The molecule has 0 radical (unpaired) electrons. The van der Waals surface area contributed by atoms with Crippen LogP contribution in [-0.2, 0) is 9.59 Å². The maximum absolute atomic E-state index is 10.9. The van der Waals surface area contributed by atoms with E-state index in [1.54, 1.807) is 9.80 Å². The molecule has 0 spiro atoms. The molecule has 0 bridgehead atoms. The minimum Gasteiger partial charge on any atom is -0.480 e. The number of carboxylic acid groups (broad SMARTS) is 2. The molecule has 10 heteroatoms. The van der Waals surface area contributed by atoms with Gasteiger partial charge in [0.05, 0.1) is 13.1 Å². The van der Waals surface area contributed by atoms with Crippen LogP contribution in [0.1, 0.15) is 0 Å². The highest BCUT2D eigenvalue weighted by Gasteiger charge is 2.17. The molecular weight excluding hydrogens is 320 g/mol. The fraction of sp³-hybridized carbons (Fsp3) is 0.857. The van der Waals surface area contributed by atoms with E-state index in [9.17, 15) is 19.8 Å². The number of carbonyl (C=O) groups is 2. The molecule has 0 aromatic rings. The molecule has 1 aliphatic heterocycles. The molecule has 1 heterocycles. The number of hydrogen-bond acceptors (Lipinski definition) is 8. The Labute approximate surface area is 141 Å². The third kappa shape index (κ3) is 9.75. The van der Waals surface area contributed by atoms with E-state index in [0.717, 1.165) is 0 Å². The van der Waals surface area contributed by atoms with E-state index in [1.165, 1.54) is 0 Å². The van der Waals surface area contributed by atoms with Crippen molar-refractivity contribution in [1.29, 1.82) is 0 Å². The molecule has 0 saturated carbocycles. The van der Waals surface area contributed by atoms with E-state index in [4.69, 9.17) is 10.2 Å². The first-order chi connectivity index (χ1) is 11.4. The highest BCUT2D eigenvalue weighted by atomic mass is 16.5. The number of nitrogens with zero attached hydrogens (tertiary/aromatic N) is 3. The smallest absolute Gasteiger partial charge is 0.317 e. The molecule has 0 aromatic heterocycles. The Balaban J connectivity index is 2.66. The predicted molar refractivity (Wildman–Crippen MR) is 85.7 cm³/mol. The third-order valence-electron chi connectivity index (χ3n) is 3.81. The van der Waals surface area contributed by atoms with Gasteiger partial charge in [0.2, 0.25) is 0 Å². The summed E-state index contributed by atoms with van der Waals surface area (Å²) in [6.07, 6.45) is -1.49. The Kier molecular flexibility index (Phi) is 9.76. The number of aliphatic carboxylic acids is 2. The predicted octanol–water partition coefficient (Wildman–Crippen LogP) is -3.02. The van der Waals surface area contributed by atoms with Crippen LogP contribution in [0.5, 0.6) is 0 Å². The van der Waals surface area contributed by atoms with Gasteiger partial charge in [-0.3, -0.25) is 24.3 Å². The van der Waals surface area contributed by atoms with Crippen molar-refractivity contribution >= 4 is 11.9 Å². The van der Waals surface area contributed by atoms with Gasteiger partial charge < -0.3 is 25.7 Å². The Morgan fingerprint density at radius 1 is 0.792 bits per heavy atom. The Bertz CT molecular complexity index is 365. The van der Waals surface area contributed by atoms with Gasteiger partial charge in [-0.15, -0.1) is 0 Å². The molecule has 0 aromatic carbocycles. The summed E-state index contributed by atoms with van der Waals surface area (Å²) < 4.78 is 0. The molecule has 0 aliphatic carbocycles. The van der Waals surface area contributed by atoms with Crippen molar-refractivity contribution in [2.45, 2.75) is 6.29 Å². The molecule has 1 saturated heterocycles. The number of hydrogen-bond donors (Lipinski definition) is 5. The number of nitrogens with one attached hydrogen (secondary N) is 1. The lowest BCUT2D eigenvalue weighted by Crippen LogP contribution is -2.48. The molecule has 0 atom stereocenters. The fourth-order valence-corrected chi connectivity index (χ4v) is 2.61. The Morgan fingerprint density at radius 2 is 1.21 bits per heavy atom. The SMILES string of the molecule is O=C(O)CN1CCNCCN(CC(=O)O)CCN(CC(O)O)CC1. The minimum atomic E-state index is -1.49. The largest absolute Gasteiger partial charge is 0.480 e. The highest BCUT2D eigenvalue weighted by Crippen LogP contribution is 1.98. The van der Waals surface area contributed by atoms with Gasteiger partial charge in [-0.1, -0.05) is 0 Å². The van der Waals surface area contributed by atoms with E-state index < -0.39 is 18.2 Å². The molecule has 0 amide bonds. The van der Waals surface area contributed by atoms with Crippen LogP contribution in [0.2, 0.25) is 0 Å². The summed E-state index contributed by atoms with van der Waals surface area (Å²) in [5.74, 6) is -1.80. The summed E-state index contributed by atoms with van der Waals surface area (Å²) in [5, 5.41) is 39.5. The highest BCUT2D eigenvalue weighted by molar-refractivity contribution is 5.69. The minimum absolute atomic E-state index is 0.0417. The van der Waals surface area contributed by atoms with Gasteiger partial charge in [0.15, 0.2) is 6.29 Å². The quantitative estimate of drug-likeness (QED) is 0.315. The van der Waals surface area contributed by atoms with E-state index in [1.807, 2.05) is 4.90 Å². The average Bonchev–Trinajstić information content (AvgIpc) is 2.45. The van der Waals surface area contributed by atoms with Crippen molar-refractivity contribution in [2.75, 3.05) is 72.0 Å². The number of rotatable bonds is 6. The maximum atomic E-state index is 10.9. The molecule has 10 nitrogen and oxygen atoms in total. The first kappa shape index (κ1) is 20.7. The summed E-state index contributed by atoms with van der Waals surface area (Å²) in [4.78, 5) is 27.3. The number of aliphatic hydroxyl groups excluding tert-OH is 1. The molecule has 1 rings (SSSR count). The topological polar surface area (TPSA) is 137 Å². The lowest BCUT2D eigenvalue weighted by molar-refractivity contribution is -0.139. The zero-order chi connectivity index (χ0) is 17.9. The van der Waals surface area contributed by atoms with E-state index >= 15 is 0 Å². The second kappa shape index (κ2) is 11.3. The van der Waals surface area contributed by atoms with Crippen LogP contribution in [0.15, 0.2) is 0 Å². The monoisotopic (exact) mass is 348 g/mol. The Hall–Kier alpha value is -1.30. The number of aliphatic hydroxyl groups is 2. The normalized spacial score (nSPS) is 20.5. The molecule has 1 aliphatic rings. The van der Waals surface area contributed by atoms with Crippen LogP contribution in [-0.4, -0.2) is 125 Å². The molecule has 140 valence electrons. The second-order valence-electron chi connectivity index (χ2n) is 5.87. The van der Waals surface area contributed by atoms with Gasteiger partial charge in [0.1, 0.15) is 0 Å². The summed E-state index contributed by atoms with van der Waals surface area (Å²) in [6, 6.07) is 0. The maximum Gasteiger partial charge on any atom is 0.317 e. The molecule has 24 heavy (non-hydrogen) atoms. The van der Waals surface area contributed by atoms with Crippen molar-refractivity contribution in [2.24, 2.45) is 0 Å². The van der Waals surface area contributed by atoms with Gasteiger partial charge in [0, 0.05) is 58.9 Å². The lowest BCUT2D eigenvalue weighted by Gasteiger charge is -2.30. The zero-order valence-corrected chi connectivity index (χ0v) is 13.8. The summed E-state index contributed by atoms with van der Waals surface area (Å²) >= 11 is 0.